The fourth-order valence-corrected chi connectivity index (χ4v) is 2.99. The number of hydrogen-bond donors (Lipinski definition) is 0. The van der Waals surface area contributed by atoms with Gasteiger partial charge in [0.2, 0.25) is 11.8 Å². The zero-order valence-corrected chi connectivity index (χ0v) is 13.4. The fourth-order valence-electron chi connectivity index (χ4n) is 2.99. The molecule has 1 aromatic carbocycles. The van der Waals surface area contributed by atoms with E-state index in [-0.39, 0.29) is 30.8 Å². The predicted molar refractivity (Wildman–Crippen MR) is 88.3 cm³/mol. The standard InChI is InChI=1S/C16H21N3O2.ClH/c20-15-7-4-8-19(15)13-16(21)18-11-9-17(10-12-18)14-5-2-1-3-6-14;/h1-3,5-6H,4,7-13H2;1H. The van der Waals surface area contributed by atoms with Gasteiger partial charge in [-0.15, -0.1) is 12.4 Å². The Morgan fingerprint density at radius 2 is 1.68 bits per heavy atom. The first-order chi connectivity index (χ1) is 10.2. The Bertz CT molecular complexity index is 515. The molecular weight excluding hydrogens is 302 g/mol. The third-order valence-corrected chi connectivity index (χ3v) is 4.25. The quantitative estimate of drug-likeness (QED) is 0.844. The van der Waals surface area contributed by atoms with Gasteiger partial charge in [0.1, 0.15) is 0 Å². The molecule has 0 bridgehead atoms. The summed E-state index contributed by atoms with van der Waals surface area (Å²) in [5.41, 5.74) is 1.21. The second-order valence-corrected chi connectivity index (χ2v) is 5.62. The van der Waals surface area contributed by atoms with Gasteiger partial charge < -0.3 is 14.7 Å². The van der Waals surface area contributed by atoms with Crippen LogP contribution in [0.1, 0.15) is 12.8 Å². The number of hydrogen-bond acceptors (Lipinski definition) is 3. The lowest BCUT2D eigenvalue weighted by atomic mass is 10.2. The molecule has 2 aliphatic heterocycles. The molecule has 6 heteroatoms. The van der Waals surface area contributed by atoms with E-state index in [2.05, 4.69) is 17.0 Å². The third kappa shape index (κ3) is 3.71. The summed E-state index contributed by atoms with van der Waals surface area (Å²) in [5, 5.41) is 0. The molecule has 2 amide bonds. The number of halogens is 1. The molecule has 2 heterocycles. The smallest absolute Gasteiger partial charge is 0.242 e. The van der Waals surface area contributed by atoms with Gasteiger partial charge in [0, 0.05) is 44.8 Å². The van der Waals surface area contributed by atoms with Gasteiger partial charge in [0.05, 0.1) is 6.54 Å². The number of anilines is 1. The highest BCUT2D eigenvalue weighted by Crippen LogP contribution is 2.16. The van der Waals surface area contributed by atoms with Crippen LogP contribution in [0.4, 0.5) is 5.69 Å². The molecule has 2 fully saturated rings. The van der Waals surface area contributed by atoms with E-state index in [0.29, 0.717) is 6.42 Å². The van der Waals surface area contributed by atoms with E-state index < -0.39 is 0 Å². The van der Waals surface area contributed by atoms with E-state index in [0.717, 1.165) is 39.1 Å². The molecule has 0 N–H and O–H groups in total. The van der Waals surface area contributed by atoms with E-state index in [1.54, 1.807) is 4.90 Å². The molecule has 0 aromatic heterocycles. The monoisotopic (exact) mass is 323 g/mol. The van der Waals surface area contributed by atoms with Gasteiger partial charge in [-0.25, -0.2) is 0 Å². The zero-order valence-electron chi connectivity index (χ0n) is 12.6. The second kappa shape index (κ2) is 7.49. The van der Waals surface area contributed by atoms with Crippen molar-refractivity contribution >= 4 is 29.9 Å². The van der Waals surface area contributed by atoms with E-state index in [1.165, 1.54) is 5.69 Å². The Balaban J connectivity index is 0.00000176. The van der Waals surface area contributed by atoms with Crippen molar-refractivity contribution in [2.45, 2.75) is 12.8 Å². The lowest BCUT2D eigenvalue weighted by Crippen LogP contribution is -2.51. The molecule has 2 aliphatic rings. The minimum absolute atomic E-state index is 0. The van der Waals surface area contributed by atoms with E-state index in [9.17, 15) is 9.59 Å². The summed E-state index contributed by atoms with van der Waals surface area (Å²) in [6.07, 6.45) is 1.48. The minimum Gasteiger partial charge on any atom is -0.368 e. The average Bonchev–Trinajstić information content (AvgIpc) is 2.93. The van der Waals surface area contributed by atoms with Crippen molar-refractivity contribution in [3.63, 3.8) is 0 Å². The molecule has 0 atom stereocenters. The van der Waals surface area contributed by atoms with Gasteiger partial charge in [-0.05, 0) is 18.6 Å². The number of likely N-dealkylation sites (tertiary alicyclic amines) is 1. The van der Waals surface area contributed by atoms with Gasteiger partial charge >= 0.3 is 0 Å². The summed E-state index contributed by atoms with van der Waals surface area (Å²) >= 11 is 0. The summed E-state index contributed by atoms with van der Waals surface area (Å²) in [5.74, 6) is 0.198. The van der Waals surface area contributed by atoms with Crippen LogP contribution in [-0.2, 0) is 9.59 Å². The molecule has 120 valence electrons. The first-order valence-corrected chi connectivity index (χ1v) is 7.59. The maximum absolute atomic E-state index is 12.3. The number of piperazine rings is 1. The second-order valence-electron chi connectivity index (χ2n) is 5.62. The van der Waals surface area contributed by atoms with E-state index in [1.807, 2.05) is 23.1 Å². The van der Waals surface area contributed by atoms with Crippen molar-refractivity contribution < 1.29 is 9.59 Å². The molecular formula is C16H22ClN3O2. The van der Waals surface area contributed by atoms with Crippen LogP contribution in [-0.4, -0.2) is 60.9 Å². The van der Waals surface area contributed by atoms with Crippen molar-refractivity contribution in [3.05, 3.63) is 30.3 Å². The number of para-hydroxylation sites is 1. The lowest BCUT2D eigenvalue weighted by Gasteiger charge is -2.36. The van der Waals surface area contributed by atoms with Crippen molar-refractivity contribution in [2.75, 3.05) is 44.2 Å². The molecule has 0 radical (unpaired) electrons. The van der Waals surface area contributed by atoms with E-state index in [4.69, 9.17) is 0 Å². The van der Waals surface area contributed by atoms with Crippen LogP contribution in [0, 0.1) is 0 Å². The van der Waals surface area contributed by atoms with Gasteiger partial charge in [-0.2, -0.15) is 0 Å². The van der Waals surface area contributed by atoms with E-state index >= 15 is 0 Å². The topological polar surface area (TPSA) is 43.9 Å². The number of carbonyl (C=O) groups excluding carboxylic acids is 2. The first kappa shape index (κ1) is 16.6. The van der Waals surface area contributed by atoms with Crippen molar-refractivity contribution in [1.82, 2.24) is 9.80 Å². The maximum Gasteiger partial charge on any atom is 0.242 e. The summed E-state index contributed by atoms with van der Waals surface area (Å²) in [7, 11) is 0. The fraction of sp³-hybridized carbons (Fsp3) is 0.500. The van der Waals surface area contributed by atoms with Crippen LogP contribution < -0.4 is 4.90 Å². The Kier molecular flexibility index (Phi) is 5.66. The molecule has 22 heavy (non-hydrogen) atoms. The summed E-state index contributed by atoms with van der Waals surface area (Å²) < 4.78 is 0. The van der Waals surface area contributed by atoms with Gasteiger partial charge in [0.25, 0.3) is 0 Å². The summed E-state index contributed by atoms with van der Waals surface area (Å²) in [6.45, 7) is 4.15. The average molecular weight is 324 g/mol. The number of amides is 2. The van der Waals surface area contributed by atoms with Gasteiger partial charge in [-0.1, -0.05) is 18.2 Å². The first-order valence-electron chi connectivity index (χ1n) is 7.59. The molecule has 3 rings (SSSR count). The largest absolute Gasteiger partial charge is 0.368 e. The Labute approximate surface area is 137 Å². The Hall–Kier alpha value is -1.75. The van der Waals surface area contributed by atoms with Crippen LogP contribution in [0.25, 0.3) is 0 Å². The SMILES string of the molecule is Cl.O=C(CN1CCCC1=O)N1CCN(c2ccccc2)CC1. The van der Waals surface area contributed by atoms with Crippen LogP contribution in [0.2, 0.25) is 0 Å². The van der Waals surface area contributed by atoms with Gasteiger partial charge in [-0.3, -0.25) is 9.59 Å². The Morgan fingerprint density at radius 3 is 2.27 bits per heavy atom. The highest BCUT2D eigenvalue weighted by Gasteiger charge is 2.26. The number of rotatable bonds is 3. The predicted octanol–water partition coefficient (Wildman–Crippen LogP) is 1.38. The van der Waals surface area contributed by atoms with Crippen LogP contribution >= 0.6 is 12.4 Å². The molecule has 0 unspecified atom stereocenters. The zero-order chi connectivity index (χ0) is 14.7. The molecule has 0 saturated carbocycles. The molecule has 1 aromatic rings. The Morgan fingerprint density at radius 1 is 1.00 bits per heavy atom. The van der Waals surface area contributed by atoms with Crippen LogP contribution in [0.5, 0.6) is 0 Å². The molecule has 2 saturated heterocycles. The van der Waals surface area contributed by atoms with Crippen molar-refractivity contribution in [3.8, 4) is 0 Å². The number of carbonyl (C=O) groups is 2. The summed E-state index contributed by atoms with van der Waals surface area (Å²) in [6, 6.07) is 10.3. The molecule has 0 spiro atoms. The number of nitrogens with zero attached hydrogens (tertiary/aromatic N) is 3. The third-order valence-electron chi connectivity index (χ3n) is 4.25. The lowest BCUT2D eigenvalue weighted by molar-refractivity contribution is -0.138. The minimum atomic E-state index is 0. The normalized spacial score (nSPS) is 18.4. The molecule has 5 nitrogen and oxygen atoms in total. The highest BCUT2D eigenvalue weighted by atomic mass is 35.5. The van der Waals surface area contributed by atoms with Gasteiger partial charge in [0.15, 0.2) is 0 Å². The van der Waals surface area contributed by atoms with Crippen molar-refractivity contribution in [2.24, 2.45) is 0 Å². The summed E-state index contributed by atoms with van der Waals surface area (Å²) in [4.78, 5) is 29.7. The number of benzene rings is 1. The van der Waals surface area contributed by atoms with Crippen molar-refractivity contribution in [1.29, 1.82) is 0 Å². The van der Waals surface area contributed by atoms with Crippen LogP contribution in [0.3, 0.4) is 0 Å². The van der Waals surface area contributed by atoms with Crippen LogP contribution in [0.15, 0.2) is 30.3 Å². The highest BCUT2D eigenvalue weighted by molar-refractivity contribution is 5.86. The maximum atomic E-state index is 12.3. The molecule has 0 aliphatic carbocycles.